The van der Waals surface area contributed by atoms with Gasteiger partial charge in [-0.1, -0.05) is 38.8 Å². The van der Waals surface area contributed by atoms with E-state index in [1.807, 2.05) is 13.8 Å². The van der Waals surface area contributed by atoms with Gasteiger partial charge in [-0.15, -0.1) is 0 Å². The molecule has 1 heterocycles. The molecule has 1 aromatic carbocycles. The Morgan fingerprint density at radius 3 is 2.09 bits per heavy atom. The molecule has 1 N–H and O–H groups in total. The SMILES string of the molecule is CC(C)C(C(=O)NC1CCCC1)N1C(=O)c2ccccc2C1=O. The predicted octanol–water partition coefficient (Wildman–Crippen LogP) is 2.37. The second kappa shape index (κ2) is 6.14. The maximum atomic E-state index is 12.7. The van der Waals surface area contributed by atoms with Crippen LogP contribution < -0.4 is 5.32 Å². The van der Waals surface area contributed by atoms with Gasteiger partial charge in [-0.25, -0.2) is 0 Å². The predicted molar refractivity (Wildman–Crippen MR) is 86.0 cm³/mol. The normalized spacial score (nSPS) is 19.3. The minimum atomic E-state index is -0.761. The molecule has 1 fully saturated rings. The monoisotopic (exact) mass is 314 g/mol. The molecule has 2 aliphatic rings. The van der Waals surface area contributed by atoms with Crippen LogP contribution >= 0.6 is 0 Å². The van der Waals surface area contributed by atoms with Crippen LogP contribution in [-0.4, -0.2) is 34.7 Å². The van der Waals surface area contributed by atoms with Gasteiger partial charge in [0.05, 0.1) is 11.1 Å². The molecule has 0 saturated heterocycles. The molecule has 0 spiro atoms. The molecule has 0 aromatic heterocycles. The van der Waals surface area contributed by atoms with E-state index < -0.39 is 6.04 Å². The van der Waals surface area contributed by atoms with E-state index in [1.54, 1.807) is 24.3 Å². The van der Waals surface area contributed by atoms with Crippen LogP contribution in [0, 0.1) is 5.92 Å². The summed E-state index contributed by atoms with van der Waals surface area (Å²) in [6.07, 6.45) is 4.17. The Balaban J connectivity index is 1.86. The summed E-state index contributed by atoms with van der Waals surface area (Å²) in [4.78, 5) is 39.1. The van der Waals surface area contributed by atoms with Gasteiger partial charge in [0, 0.05) is 6.04 Å². The lowest BCUT2D eigenvalue weighted by molar-refractivity contribution is -0.127. The number of rotatable bonds is 4. The number of imide groups is 1. The first kappa shape index (κ1) is 15.7. The average Bonchev–Trinajstić information content (AvgIpc) is 3.10. The lowest BCUT2D eigenvalue weighted by atomic mass is 10.0. The van der Waals surface area contributed by atoms with Crippen molar-refractivity contribution in [1.29, 1.82) is 0 Å². The van der Waals surface area contributed by atoms with E-state index in [4.69, 9.17) is 0 Å². The largest absolute Gasteiger partial charge is 0.352 e. The first-order valence-electron chi connectivity index (χ1n) is 8.28. The number of nitrogens with one attached hydrogen (secondary N) is 1. The Labute approximate surface area is 136 Å². The Bertz CT molecular complexity index is 612. The van der Waals surface area contributed by atoms with Crippen LogP contribution in [0.15, 0.2) is 24.3 Å². The highest BCUT2D eigenvalue weighted by atomic mass is 16.2. The molecular weight excluding hydrogens is 292 g/mol. The summed E-state index contributed by atoms with van der Waals surface area (Å²) in [7, 11) is 0. The van der Waals surface area contributed by atoms with E-state index in [-0.39, 0.29) is 29.7 Å². The molecule has 1 aliphatic heterocycles. The number of hydrogen-bond donors (Lipinski definition) is 1. The van der Waals surface area contributed by atoms with Crippen molar-refractivity contribution in [2.75, 3.05) is 0 Å². The number of fused-ring (bicyclic) bond motifs is 1. The van der Waals surface area contributed by atoms with E-state index in [2.05, 4.69) is 5.32 Å². The fourth-order valence-electron chi connectivity index (χ4n) is 3.54. The standard InChI is InChI=1S/C18H22N2O3/c1-11(2)15(16(21)19-12-7-3-4-8-12)20-17(22)13-9-5-6-10-14(13)18(20)23/h5-6,9-12,15H,3-4,7-8H2,1-2H3,(H,19,21). The summed E-state index contributed by atoms with van der Waals surface area (Å²) >= 11 is 0. The van der Waals surface area contributed by atoms with E-state index in [0.717, 1.165) is 30.6 Å². The van der Waals surface area contributed by atoms with Gasteiger partial charge in [0.25, 0.3) is 11.8 Å². The summed E-state index contributed by atoms with van der Waals surface area (Å²) in [5.74, 6) is -1.10. The van der Waals surface area contributed by atoms with E-state index in [1.165, 1.54) is 0 Å². The lowest BCUT2D eigenvalue weighted by Gasteiger charge is -2.29. The number of hydrogen-bond acceptors (Lipinski definition) is 3. The zero-order valence-corrected chi connectivity index (χ0v) is 13.5. The number of amides is 3. The smallest absolute Gasteiger partial charge is 0.262 e. The maximum Gasteiger partial charge on any atom is 0.262 e. The van der Waals surface area contributed by atoms with Crippen LogP contribution in [-0.2, 0) is 4.79 Å². The van der Waals surface area contributed by atoms with Gasteiger partial charge in [0.15, 0.2) is 0 Å². The van der Waals surface area contributed by atoms with Crippen molar-refractivity contribution in [3.8, 4) is 0 Å². The van der Waals surface area contributed by atoms with Crippen LogP contribution in [0.5, 0.6) is 0 Å². The molecule has 1 aromatic rings. The van der Waals surface area contributed by atoms with Gasteiger partial charge in [-0.3, -0.25) is 19.3 Å². The van der Waals surface area contributed by atoms with Crippen LogP contribution in [0.3, 0.4) is 0 Å². The molecule has 122 valence electrons. The second-order valence-electron chi connectivity index (χ2n) is 6.70. The Morgan fingerprint density at radius 2 is 1.61 bits per heavy atom. The molecule has 3 rings (SSSR count). The van der Waals surface area contributed by atoms with Crippen molar-refractivity contribution in [3.05, 3.63) is 35.4 Å². The minimum Gasteiger partial charge on any atom is -0.352 e. The number of carbonyl (C=O) groups excluding carboxylic acids is 3. The summed E-state index contributed by atoms with van der Waals surface area (Å²) < 4.78 is 0. The molecule has 1 aliphatic carbocycles. The Morgan fingerprint density at radius 1 is 1.09 bits per heavy atom. The highest BCUT2D eigenvalue weighted by Gasteiger charge is 2.44. The number of nitrogens with zero attached hydrogens (tertiary/aromatic N) is 1. The van der Waals surface area contributed by atoms with Crippen molar-refractivity contribution in [3.63, 3.8) is 0 Å². The van der Waals surface area contributed by atoms with Crippen molar-refractivity contribution in [2.45, 2.75) is 51.6 Å². The zero-order valence-electron chi connectivity index (χ0n) is 13.5. The summed E-state index contributed by atoms with van der Waals surface area (Å²) in [6.45, 7) is 3.73. The van der Waals surface area contributed by atoms with E-state index in [9.17, 15) is 14.4 Å². The van der Waals surface area contributed by atoms with Gasteiger partial charge in [-0.2, -0.15) is 0 Å². The van der Waals surface area contributed by atoms with E-state index >= 15 is 0 Å². The molecule has 5 nitrogen and oxygen atoms in total. The molecule has 1 atom stereocenters. The number of carbonyl (C=O) groups is 3. The zero-order chi connectivity index (χ0) is 16.6. The van der Waals surface area contributed by atoms with Crippen LogP contribution in [0.1, 0.15) is 60.2 Å². The summed E-state index contributed by atoms with van der Waals surface area (Å²) in [5, 5.41) is 3.02. The molecule has 1 saturated carbocycles. The van der Waals surface area contributed by atoms with Gasteiger partial charge >= 0.3 is 0 Å². The fourth-order valence-corrected chi connectivity index (χ4v) is 3.54. The molecule has 0 bridgehead atoms. The summed E-state index contributed by atoms with van der Waals surface area (Å²) in [5.41, 5.74) is 0.772. The van der Waals surface area contributed by atoms with Crippen LogP contribution in [0.4, 0.5) is 0 Å². The second-order valence-corrected chi connectivity index (χ2v) is 6.70. The highest BCUT2D eigenvalue weighted by molar-refractivity contribution is 6.22. The molecule has 5 heteroatoms. The average molecular weight is 314 g/mol. The third-order valence-corrected chi connectivity index (χ3v) is 4.71. The molecule has 23 heavy (non-hydrogen) atoms. The van der Waals surface area contributed by atoms with Crippen molar-refractivity contribution < 1.29 is 14.4 Å². The first-order chi connectivity index (χ1) is 11.0. The van der Waals surface area contributed by atoms with Crippen LogP contribution in [0.2, 0.25) is 0 Å². The van der Waals surface area contributed by atoms with Crippen molar-refractivity contribution in [2.24, 2.45) is 5.92 Å². The summed E-state index contributed by atoms with van der Waals surface area (Å²) in [6, 6.07) is 6.15. The highest BCUT2D eigenvalue weighted by Crippen LogP contribution is 2.27. The van der Waals surface area contributed by atoms with E-state index in [0.29, 0.717) is 11.1 Å². The third-order valence-electron chi connectivity index (χ3n) is 4.71. The fraction of sp³-hybridized carbons (Fsp3) is 0.500. The first-order valence-corrected chi connectivity index (χ1v) is 8.28. The molecule has 0 radical (unpaired) electrons. The lowest BCUT2D eigenvalue weighted by Crippen LogP contribution is -2.53. The molecule has 3 amide bonds. The topological polar surface area (TPSA) is 66.5 Å². The molecular formula is C18H22N2O3. The van der Waals surface area contributed by atoms with Gasteiger partial charge < -0.3 is 5.32 Å². The minimum absolute atomic E-state index is 0.140. The van der Waals surface area contributed by atoms with Gasteiger partial charge in [0.2, 0.25) is 5.91 Å². The van der Waals surface area contributed by atoms with Gasteiger partial charge in [-0.05, 0) is 30.9 Å². The Kier molecular flexibility index (Phi) is 4.20. The van der Waals surface area contributed by atoms with Crippen molar-refractivity contribution >= 4 is 17.7 Å². The third kappa shape index (κ3) is 2.76. The molecule has 1 unspecified atom stereocenters. The quantitative estimate of drug-likeness (QED) is 0.868. The van der Waals surface area contributed by atoms with Crippen molar-refractivity contribution in [1.82, 2.24) is 10.2 Å². The number of benzene rings is 1. The van der Waals surface area contributed by atoms with Crippen LogP contribution in [0.25, 0.3) is 0 Å². The maximum absolute atomic E-state index is 12.7. The Hall–Kier alpha value is -2.17. The van der Waals surface area contributed by atoms with Gasteiger partial charge in [0.1, 0.15) is 6.04 Å².